The third kappa shape index (κ3) is 6.41. The molecule has 0 bridgehead atoms. The first-order chi connectivity index (χ1) is 12.6. The molecule has 0 saturated heterocycles. The zero-order valence-corrected chi connectivity index (χ0v) is 16.2. The quantitative estimate of drug-likeness (QED) is 0.565. The van der Waals surface area contributed by atoms with Gasteiger partial charge in [-0.05, 0) is 42.4 Å². The Bertz CT molecular complexity index is 697. The van der Waals surface area contributed by atoms with Gasteiger partial charge in [0.25, 0.3) is 0 Å². The van der Waals surface area contributed by atoms with E-state index in [9.17, 15) is 0 Å². The number of nitrogens with one attached hydrogen (secondary N) is 2. The van der Waals surface area contributed by atoms with Gasteiger partial charge in [-0.15, -0.1) is 0 Å². The number of guanidine groups is 1. The largest absolute Gasteiger partial charge is 0.497 e. The molecule has 2 aromatic carbocycles. The molecule has 140 valence electrons. The fourth-order valence-corrected chi connectivity index (χ4v) is 2.60. The second-order valence-corrected chi connectivity index (χ2v) is 6.28. The predicted molar refractivity (Wildman–Crippen MR) is 108 cm³/mol. The lowest BCUT2D eigenvalue weighted by Gasteiger charge is -2.15. The topological polar surface area (TPSA) is 48.9 Å². The van der Waals surface area contributed by atoms with Crippen molar-refractivity contribution in [1.29, 1.82) is 0 Å². The number of aliphatic imine (C=N–C) groups is 1. The van der Waals surface area contributed by atoms with Gasteiger partial charge in [-0.3, -0.25) is 4.99 Å². The maximum atomic E-state index is 5.18. The maximum absolute atomic E-state index is 5.18. The van der Waals surface area contributed by atoms with Crippen LogP contribution in [0.2, 0.25) is 0 Å². The molecular formula is C21H30N4O. The zero-order chi connectivity index (χ0) is 18.8. The molecule has 2 N–H and O–H groups in total. The van der Waals surface area contributed by atoms with Crippen molar-refractivity contribution < 1.29 is 4.74 Å². The van der Waals surface area contributed by atoms with Crippen LogP contribution in [0.3, 0.4) is 0 Å². The summed E-state index contributed by atoms with van der Waals surface area (Å²) in [5.41, 5.74) is 3.76. The van der Waals surface area contributed by atoms with Crippen molar-refractivity contribution in [2.45, 2.75) is 26.6 Å². The van der Waals surface area contributed by atoms with Crippen LogP contribution in [-0.4, -0.2) is 38.6 Å². The van der Waals surface area contributed by atoms with Crippen LogP contribution < -0.4 is 15.4 Å². The van der Waals surface area contributed by atoms with Gasteiger partial charge in [0, 0.05) is 26.7 Å². The molecule has 0 atom stereocenters. The Hall–Kier alpha value is -2.53. The van der Waals surface area contributed by atoms with E-state index in [1.54, 1.807) is 14.2 Å². The average Bonchev–Trinajstić information content (AvgIpc) is 2.68. The summed E-state index contributed by atoms with van der Waals surface area (Å²) in [6, 6.07) is 16.7. The van der Waals surface area contributed by atoms with Crippen molar-refractivity contribution >= 4 is 5.96 Å². The smallest absolute Gasteiger partial charge is 0.191 e. The Labute approximate surface area is 157 Å². The van der Waals surface area contributed by atoms with E-state index >= 15 is 0 Å². The van der Waals surface area contributed by atoms with Crippen LogP contribution >= 0.6 is 0 Å². The van der Waals surface area contributed by atoms with E-state index in [0.29, 0.717) is 6.54 Å². The Kier molecular flexibility index (Phi) is 7.96. The number of rotatable bonds is 8. The summed E-state index contributed by atoms with van der Waals surface area (Å²) >= 11 is 0. The number of methoxy groups -OCH3 is 1. The molecule has 5 nitrogen and oxygen atoms in total. The molecule has 26 heavy (non-hydrogen) atoms. The van der Waals surface area contributed by atoms with Crippen LogP contribution in [0.5, 0.6) is 5.75 Å². The van der Waals surface area contributed by atoms with E-state index in [2.05, 4.69) is 58.8 Å². The summed E-state index contributed by atoms with van der Waals surface area (Å²) in [7, 11) is 5.60. The highest BCUT2D eigenvalue weighted by Crippen LogP contribution is 2.11. The van der Waals surface area contributed by atoms with E-state index in [1.165, 1.54) is 16.7 Å². The minimum atomic E-state index is 0.713. The Morgan fingerprint density at radius 1 is 1.00 bits per heavy atom. The van der Waals surface area contributed by atoms with Crippen LogP contribution in [-0.2, 0) is 19.6 Å². The van der Waals surface area contributed by atoms with Gasteiger partial charge in [-0.2, -0.15) is 0 Å². The van der Waals surface area contributed by atoms with E-state index in [-0.39, 0.29) is 0 Å². The van der Waals surface area contributed by atoms with E-state index in [1.807, 2.05) is 24.3 Å². The van der Waals surface area contributed by atoms with Crippen molar-refractivity contribution in [3.8, 4) is 5.75 Å². The van der Waals surface area contributed by atoms with Crippen molar-refractivity contribution in [2.75, 3.05) is 27.7 Å². The van der Waals surface area contributed by atoms with Gasteiger partial charge in [-0.1, -0.05) is 43.3 Å². The third-order valence-electron chi connectivity index (χ3n) is 4.29. The SMILES string of the molecule is CCN(C)Cc1cccc(CNC(=NC)NCc2ccc(OC)cc2)c1. The van der Waals surface area contributed by atoms with Crippen LogP contribution in [0.1, 0.15) is 23.6 Å². The van der Waals surface area contributed by atoms with Gasteiger partial charge in [-0.25, -0.2) is 0 Å². The van der Waals surface area contributed by atoms with Gasteiger partial charge in [0.1, 0.15) is 5.75 Å². The minimum Gasteiger partial charge on any atom is -0.497 e. The normalized spacial score (nSPS) is 11.5. The van der Waals surface area contributed by atoms with Crippen LogP contribution in [0.15, 0.2) is 53.5 Å². The summed E-state index contributed by atoms with van der Waals surface area (Å²) in [4.78, 5) is 6.59. The molecule has 2 aromatic rings. The van der Waals surface area contributed by atoms with Gasteiger partial charge >= 0.3 is 0 Å². The lowest BCUT2D eigenvalue weighted by molar-refractivity contribution is 0.345. The van der Waals surface area contributed by atoms with Crippen molar-refractivity contribution in [1.82, 2.24) is 15.5 Å². The van der Waals surface area contributed by atoms with E-state index < -0.39 is 0 Å². The minimum absolute atomic E-state index is 0.713. The van der Waals surface area contributed by atoms with Crippen LogP contribution in [0, 0.1) is 0 Å². The number of hydrogen-bond donors (Lipinski definition) is 2. The van der Waals surface area contributed by atoms with Crippen molar-refractivity contribution in [3.05, 3.63) is 65.2 Å². The third-order valence-corrected chi connectivity index (χ3v) is 4.29. The van der Waals surface area contributed by atoms with E-state index in [4.69, 9.17) is 4.74 Å². The van der Waals surface area contributed by atoms with Crippen LogP contribution in [0.25, 0.3) is 0 Å². The number of benzene rings is 2. The van der Waals surface area contributed by atoms with Gasteiger partial charge in [0.15, 0.2) is 5.96 Å². The summed E-state index contributed by atoms with van der Waals surface area (Å²) < 4.78 is 5.18. The molecule has 0 spiro atoms. The molecule has 0 aliphatic heterocycles. The van der Waals surface area contributed by atoms with Gasteiger partial charge in [0.05, 0.1) is 7.11 Å². The highest BCUT2D eigenvalue weighted by atomic mass is 16.5. The Balaban J connectivity index is 1.85. The molecule has 0 heterocycles. The van der Waals surface area contributed by atoms with Crippen molar-refractivity contribution in [2.24, 2.45) is 4.99 Å². The fraction of sp³-hybridized carbons (Fsp3) is 0.381. The average molecular weight is 354 g/mol. The number of ether oxygens (including phenoxy) is 1. The van der Waals surface area contributed by atoms with E-state index in [0.717, 1.165) is 31.3 Å². The molecule has 5 heteroatoms. The summed E-state index contributed by atoms with van der Waals surface area (Å²) in [6.07, 6.45) is 0. The second-order valence-electron chi connectivity index (χ2n) is 6.28. The Morgan fingerprint density at radius 2 is 1.65 bits per heavy atom. The molecule has 0 amide bonds. The van der Waals surface area contributed by atoms with Crippen LogP contribution in [0.4, 0.5) is 0 Å². The molecule has 0 aliphatic rings. The molecule has 0 radical (unpaired) electrons. The molecule has 0 aromatic heterocycles. The molecule has 0 unspecified atom stereocenters. The predicted octanol–water partition coefficient (Wildman–Crippen LogP) is 3.01. The monoisotopic (exact) mass is 354 g/mol. The maximum Gasteiger partial charge on any atom is 0.191 e. The molecule has 2 rings (SSSR count). The molecule has 0 fully saturated rings. The first kappa shape index (κ1) is 19.8. The highest BCUT2D eigenvalue weighted by Gasteiger charge is 2.02. The van der Waals surface area contributed by atoms with Gasteiger partial charge in [0.2, 0.25) is 0 Å². The molecule has 0 aliphatic carbocycles. The molecular weight excluding hydrogens is 324 g/mol. The first-order valence-electron chi connectivity index (χ1n) is 8.98. The fourth-order valence-electron chi connectivity index (χ4n) is 2.60. The lowest BCUT2D eigenvalue weighted by Crippen LogP contribution is -2.36. The van der Waals surface area contributed by atoms with Crippen molar-refractivity contribution in [3.63, 3.8) is 0 Å². The summed E-state index contributed by atoms with van der Waals surface area (Å²) in [5, 5.41) is 6.71. The standard InChI is InChI=1S/C21H30N4O/c1-5-25(3)16-19-8-6-7-18(13-19)15-24-21(22-2)23-14-17-9-11-20(26-4)12-10-17/h6-13H,5,14-16H2,1-4H3,(H2,22,23,24). The van der Waals surface area contributed by atoms with Gasteiger partial charge < -0.3 is 20.3 Å². The molecule has 0 saturated carbocycles. The summed E-state index contributed by atoms with van der Waals surface area (Å²) in [5.74, 6) is 1.65. The lowest BCUT2D eigenvalue weighted by atomic mass is 10.1. The summed E-state index contributed by atoms with van der Waals surface area (Å²) in [6.45, 7) is 5.64. The zero-order valence-electron chi connectivity index (χ0n) is 16.2. The highest BCUT2D eigenvalue weighted by molar-refractivity contribution is 5.79. The number of nitrogens with zero attached hydrogens (tertiary/aromatic N) is 2. The Morgan fingerprint density at radius 3 is 2.27 bits per heavy atom. The second kappa shape index (κ2) is 10.5. The first-order valence-corrected chi connectivity index (χ1v) is 8.98. The number of hydrogen-bond acceptors (Lipinski definition) is 3.